The molecule has 0 aliphatic carbocycles. The molecule has 4 nitrogen and oxygen atoms in total. The summed E-state index contributed by atoms with van der Waals surface area (Å²) < 4.78 is 8.88. The predicted molar refractivity (Wildman–Crippen MR) is 71.7 cm³/mol. The lowest BCUT2D eigenvalue weighted by Gasteiger charge is -1.99. The first-order valence-corrected chi connectivity index (χ1v) is 7.87. The maximum absolute atomic E-state index is 8.88. The summed E-state index contributed by atoms with van der Waals surface area (Å²) in [5, 5.41) is 0. The van der Waals surface area contributed by atoms with E-state index in [-0.39, 0.29) is 0 Å². The van der Waals surface area contributed by atoms with Crippen LogP contribution in [0.25, 0.3) is 0 Å². The van der Waals surface area contributed by atoms with Gasteiger partial charge >= 0.3 is 7.82 Å². The molecule has 0 spiro atoms. The average molecular weight is 266 g/mol. The Kier molecular flexibility index (Phi) is 15.7. The summed E-state index contributed by atoms with van der Waals surface area (Å²) in [6.45, 7) is 5.99. The Morgan fingerprint density at radius 2 is 1.29 bits per heavy atom. The van der Waals surface area contributed by atoms with Crippen molar-refractivity contribution in [2.24, 2.45) is 0 Å². The second-order valence-corrected chi connectivity index (χ2v) is 5.09. The molecule has 0 aromatic carbocycles. The van der Waals surface area contributed by atoms with E-state index in [4.69, 9.17) is 19.2 Å². The first-order chi connectivity index (χ1) is 7.91. The molecule has 17 heavy (non-hydrogen) atoms. The zero-order valence-corrected chi connectivity index (χ0v) is 11.7. The molecule has 0 amide bonds. The van der Waals surface area contributed by atoms with Gasteiger partial charge in [-0.1, -0.05) is 57.9 Å². The van der Waals surface area contributed by atoms with E-state index in [2.05, 4.69) is 13.5 Å². The molecular formula is C12H27O4P. The molecule has 0 aliphatic heterocycles. The van der Waals surface area contributed by atoms with Crippen LogP contribution in [0.4, 0.5) is 0 Å². The summed E-state index contributed by atoms with van der Waals surface area (Å²) in [6.07, 6.45) is 14.5. The van der Waals surface area contributed by atoms with Crippen LogP contribution < -0.4 is 0 Å². The van der Waals surface area contributed by atoms with Crippen LogP contribution in [0.3, 0.4) is 0 Å². The molecule has 5 heteroatoms. The van der Waals surface area contributed by atoms with E-state index in [0.29, 0.717) is 0 Å². The van der Waals surface area contributed by atoms with E-state index in [0.717, 1.165) is 0 Å². The van der Waals surface area contributed by atoms with Gasteiger partial charge in [0.05, 0.1) is 0 Å². The van der Waals surface area contributed by atoms with E-state index in [1.54, 1.807) is 0 Å². The van der Waals surface area contributed by atoms with Crippen molar-refractivity contribution in [3.63, 3.8) is 0 Å². The zero-order chi connectivity index (χ0) is 13.6. The van der Waals surface area contributed by atoms with E-state index in [1.807, 2.05) is 6.08 Å². The fourth-order valence-corrected chi connectivity index (χ4v) is 1.42. The largest absolute Gasteiger partial charge is 0.466 e. The van der Waals surface area contributed by atoms with Crippen LogP contribution >= 0.6 is 7.82 Å². The molecular weight excluding hydrogens is 239 g/mol. The second kappa shape index (κ2) is 13.9. The highest BCUT2D eigenvalue weighted by Gasteiger charge is 2.00. The maximum Gasteiger partial charge on any atom is 0.466 e. The van der Waals surface area contributed by atoms with Gasteiger partial charge in [-0.15, -0.1) is 6.58 Å². The van der Waals surface area contributed by atoms with Crippen LogP contribution in [0, 0.1) is 0 Å². The van der Waals surface area contributed by atoms with Gasteiger partial charge in [-0.2, -0.15) is 0 Å². The minimum Gasteiger partial charge on any atom is -0.303 e. The van der Waals surface area contributed by atoms with Gasteiger partial charge in [0.25, 0.3) is 0 Å². The van der Waals surface area contributed by atoms with Crippen LogP contribution in [-0.4, -0.2) is 14.7 Å². The molecule has 0 bridgehead atoms. The van der Waals surface area contributed by atoms with Gasteiger partial charge in [-0.25, -0.2) is 4.57 Å². The van der Waals surface area contributed by atoms with Crippen molar-refractivity contribution in [2.75, 3.05) is 0 Å². The molecule has 104 valence electrons. The van der Waals surface area contributed by atoms with Gasteiger partial charge in [0.1, 0.15) is 0 Å². The van der Waals surface area contributed by atoms with E-state index >= 15 is 0 Å². The van der Waals surface area contributed by atoms with Crippen LogP contribution in [0.5, 0.6) is 0 Å². The fourth-order valence-electron chi connectivity index (χ4n) is 1.42. The summed E-state index contributed by atoms with van der Waals surface area (Å²) in [7, 11) is -4.64. The maximum atomic E-state index is 8.88. The Balaban J connectivity index is 0. The first-order valence-electron chi connectivity index (χ1n) is 6.31. The zero-order valence-electron chi connectivity index (χ0n) is 10.8. The summed E-state index contributed by atoms with van der Waals surface area (Å²) in [5.41, 5.74) is 0. The summed E-state index contributed by atoms with van der Waals surface area (Å²) >= 11 is 0. The van der Waals surface area contributed by atoms with Gasteiger partial charge in [0.2, 0.25) is 0 Å². The van der Waals surface area contributed by atoms with E-state index in [1.165, 1.54) is 57.8 Å². The van der Waals surface area contributed by atoms with Gasteiger partial charge in [-0.05, 0) is 12.8 Å². The van der Waals surface area contributed by atoms with Gasteiger partial charge in [0, 0.05) is 0 Å². The minimum absolute atomic E-state index is 1.20. The molecule has 0 aromatic heterocycles. The van der Waals surface area contributed by atoms with Crippen LogP contribution in [0.1, 0.15) is 64.7 Å². The standard InChI is InChI=1S/C12H24.H3O4P/c1-3-5-7-9-11-12-10-8-6-4-2;1-5(2,3)4/h3H,1,4-12H2,2H3;(H3,1,2,3,4). The number of rotatable bonds is 9. The fraction of sp³-hybridized carbons (Fsp3) is 0.833. The van der Waals surface area contributed by atoms with E-state index in [9.17, 15) is 0 Å². The molecule has 0 saturated heterocycles. The first kappa shape index (κ1) is 19.2. The molecule has 3 N–H and O–H groups in total. The van der Waals surface area contributed by atoms with Crippen molar-refractivity contribution in [2.45, 2.75) is 64.7 Å². The van der Waals surface area contributed by atoms with Gasteiger partial charge in [0.15, 0.2) is 0 Å². The molecule has 0 aliphatic rings. The van der Waals surface area contributed by atoms with Crippen molar-refractivity contribution >= 4 is 7.82 Å². The third kappa shape index (κ3) is 38.8. The second-order valence-electron chi connectivity index (χ2n) is 4.07. The average Bonchev–Trinajstić information content (AvgIpc) is 2.20. The topological polar surface area (TPSA) is 77.8 Å². The Bertz CT molecular complexity index is 192. The van der Waals surface area contributed by atoms with Crippen molar-refractivity contribution in [1.82, 2.24) is 0 Å². The normalized spacial score (nSPS) is 10.6. The van der Waals surface area contributed by atoms with Gasteiger partial charge < -0.3 is 14.7 Å². The molecule has 0 radical (unpaired) electrons. The quantitative estimate of drug-likeness (QED) is 0.337. The number of phosphoric acid groups is 1. The molecule has 0 unspecified atom stereocenters. The number of allylic oxidation sites excluding steroid dienone is 1. The Hall–Kier alpha value is -0.150. The number of hydrogen-bond acceptors (Lipinski definition) is 1. The lowest BCUT2D eigenvalue weighted by Crippen LogP contribution is -1.79. The minimum atomic E-state index is -4.64. The number of unbranched alkanes of at least 4 members (excludes halogenated alkanes) is 8. The third-order valence-corrected chi connectivity index (χ3v) is 2.26. The Labute approximate surface area is 105 Å². The smallest absolute Gasteiger partial charge is 0.303 e. The number of hydrogen-bond donors (Lipinski definition) is 3. The van der Waals surface area contributed by atoms with Crippen LogP contribution in [0.2, 0.25) is 0 Å². The summed E-state index contributed by atoms with van der Waals surface area (Å²) in [4.78, 5) is 21.6. The Morgan fingerprint density at radius 1 is 0.941 bits per heavy atom. The van der Waals surface area contributed by atoms with Crippen LogP contribution in [0.15, 0.2) is 12.7 Å². The highest BCUT2D eigenvalue weighted by atomic mass is 31.2. The summed E-state index contributed by atoms with van der Waals surface area (Å²) in [5.74, 6) is 0. The predicted octanol–water partition coefficient (Wildman–Crippen LogP) is 3.77. The highest BCUT2D eigenvalue weighted by Crippen LogP contribution is 2.25. The SMILES string of the molecule is C=CCCCCCCCCCC.O=P(O)(O)O. The van der Waals surface area contributed by atoms with Gasteiger partial charge in [-0.3, -0.25) is 0 Å². The molecule has 0 aromatic rings. The van der Waals surface area contributed by atoms with E-state index < -0.39 is 7.82 Å². The molecule has 0 fully saturated rings. The van der Waals surface area contributed by atoms with Crippen molar-refractivity contribution < 1.29 is 19.2 Å². The highest BCUT2D eigenvalue weighted by molar-refractivity contribution is 7.45. The lowest BCUT2D eigenvalue weighted by molar-refractivity contribution is 0.275. The monoisotopic (exact) mass is 266 g/mol. The molecule has 0 saturated carbocycles. The lowest BCUT2D eigenvalue weighted by atomic mass is 10.1. The van der Waals surface area contributed by atoms with Crippen LogP contribution in [-0.2, 0) is 4.57 Å². The third-order valence-electron chi connectivity index (χ3n) is 2.26. The molecule has 0 rings (SSSR count). The van der Waals surface area contributed by atoms with Crippen molar-refractivity contribution in [1.29, 1.82) is 0 Å². The summed E-state index contributed by atoms with van der Waals surface area (Å²) in [6, 6.07) is 0. The molecule has 0 atom stereocenters. The molecule has 0 heterocycles. The van der Waals surface area contributed by atoms with Crippen molar-refractivity contribution in [3.05, 3.63) is 12.7 Å². The van der Waals surface area contributed by atoms with Crippen molar-refractivity contribution in [3.8, 4) is 0 Å². The Morgan fingerprint density at radius 3 is 1.65 bits per heavy atom.